The summed E-state index contributed by atoms with van der Waals surface area (Å²) in [5, 5.41) is 2.73. The highest BCUT2D eigenvalue weighted by Gasteiger charge is 2.52. The van der Waals surface area contributed by atoms with Crippen molar-refractivity contribution in [1.29, 1.82) is 0 Å². The molecule has 1 saturated heterocycles. The van der Waals surface area contributed by atoms with Crippen LogP contribution in [0.25, 0.3) is 0 Å². The summed E-state index contributed by atoms with van der Waals surface area (Å²) in [6, 6.07) is 4.19. The van der Waals surface area contributed by atoms with Crippen LogP contribution in [0.1, 0.15) is 25.7 Å². The van der Waals surface area contributed by atoms with Gasteiger partial charge in [-0.3, -0.25) is 9.69 Å². The van der Waals surface area contributed by atoms with Crippen molar-refractivity contribution in [3.8, 4) is 17.2 Å². The number of nitrogens with one attached hydrogen (secondary N) is 1. The fourth-order valence-corrected chi connectivity index (χ4v) is 3.37. The van der Waals surface area contributed by atoms with Crippen molar-refractivity contribution in [1.82, 2.24) is 10.2 Å². The van der Waals surface area contributed by atoms with Crippen molar-refractivity contribution < 1.29 is 28.6 Å². The molecule has 0 atom stereocenters. The van der Waals surface area contributed by atoms with Gasteiger partial charge in [0.25, 0.3) is 5.91 Å². The summed E-state index contributed by atoms with van der Waals surface area (Å²) in [5.74, 6) is 0.305. The van der Waals surface area contributed by atoms with Crippen LogP contribution in [0, 0.1) is 0 Å². The first kappa shape index (κ1) is 14.8. The van der Waals surface area contributed by atoms with Gasteiger partial charge in [-0.05, 0) is 25.0 Å². The zero-order valence-corrected chi connectivity index (χ0v) is 12.9. The summed E-state index contributed by atoms with van der Waals surface area (Å²) in [6.07, 6.45) is 3.01. The van der Waals surface area contributed by atoms with Crippen LogP contribution in [0.4, 0.5) is 4.79 Å². The van der Waals surface area contributed by atoms with Gasteiger partial charge in [0.1, 0.15) is 17.8 Å². The van der Waals surface area contributed by atoms with Gasteiger partial charge in [0, 0.05) is 6.07 Å². The lowest BCUT2D eigenvalue weighted by Crippen LogP contribution is -2.44. The predicted octanol–water partition coefficient (Wildman–Crippen LogP) is 1.19. The number of ether oxygens (including phenoxy) is 3. The molecule has 0 aromatic heterocycles. The van der Waals surface area contributed by atoms with Crippen molar-refractivity contribution in [2.75, 3.05) is 13.3 Å². The average Bonchev–Trinajstić information content (AvgIpc) is 3.25. The second-order valence-electron chi connectivity index (χ2n) is 6.10. The van der Waals surface area contributed by atoms with Gasteiger partial charge in [0.2, 0.25) is 6.79 Å². The average molecular weight is 332 g/mol. The highest BCUT2D eigenvalue weighted by atomic mass is 16.7. The van der Waals surface area contributed by atoms with Gasteiger partial charge < -0.3 is 19.5 Å². The maximum Gasteiger partial charge on any atom is 0.331 e. The van der Waals surface area contributed by atoms with Crippen LogP contribution in [-0.4, -0.2) is 41.7 Å². The number of rotatable bonds is 3. The number of fused-ring (bicyclic) bond motifs is 1. The van der Waals surface area contributed by atoms with Gasteiger partial charge in [-0.15, -0.1) is 0 Å². The molecule has 2 heterocycles. The molecule has 2 fully saturated rings. The van der Waals surface area contributed by atoms with Crippen LogP contribution in [-0.2, 0) is 9.59 Å². The fraction of sp³-hybridized carbons (Fsp3) is 0.438. The third-order valence-corrected chi connectivity index (χ3v) is 4.57. The molecule has 3 amide bonds. The smallest absolute Gasteiger partial charge is 0.331 e. The molecular weight excluding hydrogens is 316 g/mol. The zero-order valence-electron chi connectivity index (χ0n) is 12.9. The molecule has 2 aliphatic heterocycles. The minimum Gasteiger partial charge on any atom is -0.454 e. The number of esters is 1. The molecule has 1 aliphatic carbocycles. The molecule has 1 saturated carbocycles. The maximum atomic E-state index is 12.5. The summed E-state index contributed by atoms with van der Waals surface area (Å²) in [7, 11) is 0. The van der Waals surface area contributed by atoms with E-state index in [0.717, 1.165) is 17.7 Å². The van der Waals surface area contributed by atoms with E-state index in [2.05, 4.69) is 5.32 Å². The van der Waals surface area contributed by atoms with Crippen LogP contribution >= 0.6 is 0 Å². The standard InChI is InChI=1S/C16H16N2O6/c19-13(24-10-3-4-11-12(7-10)23-9-22-11)8-18-14(20)16(17-15(18)21)5-1-2-6-16/h3-4,7H,1-2,5-6,8-9H2,(H,17,21). The van der Waals surface area contributed by atoms with Gasteiger partial charge >= 0.3 is 12.0 Å². The topological polar surface area (TPSA) is 94.2 Å². The number of hydrogen-bond acceptors (Lipinski definition) is 6. The number of carbonyl (C=O) groups excluding carboxylic acids is 3. The summed E-state index contributed by atoms with van der Waals surface area (Å²) in [5.41, 5.74) is -0.823. The Kier molecular flexibility index (Phi) is 3.33. The van der Waals surface area contributed by atoms with E-state index in [0.29, 0.717) is 24.3 Å². The normalized spacial score (nSPS) is 20.6. The molecule has 0 unspecified atom stereocenters. The van der Waals surface area contributed by atoms with E-state index in [1.54, 1.807) is 12.1 Å². The second kappa shape index (κ2) is 5.40. The maximum absolute atomic E-state index is 12.5. The van der Waals surface area contributed by atoms with Gasteiger partial charge in [-0.25, -0.2) is 9.59 Å². The molecule has 8 heteroatoms. The van der Waals surface area contributed by atoms with Crippen LogP contribution in [0.15, 0.2) is 18.2 Å². The van der Waals surface area contributed by atoms with Crippen molar-refractivity contribution in [2.45, 2.75) is 31.2 Å². The largest absolute Gasteiger partial charge is 0.454 e. The quantitative estimate of drug-likeness (QED) is 0.507. The van der Waals surface area contributed by atoms with Crippen LogP contribution in [0.3, 0.4) is 0 Å². The predicted molar refractivity (Wildman–Crippen MR) is 79.6 cm³/mol. The number of benzene rings is 1. The Labute approximate surface area is 137 Å². The minimum absolute atomic E-state index is 0.122. The number of urea groups is 1. The van der Waals surface area contributed by atoms with Gasteiger partial charge in [0.15, 0.2) is 11.5 Å². The van der Waals surface area contributed by atoms with E-state index in [9.17, 15) is 14.4 Å². The van der Waals surface area contributed by atoms with Crippen molar-refractivity contribution in [2.24, 2.45) is 0 Å². The summed E-state index contributed by atoms with van der Waals surface area (Å²) < 4.78 is 15.6. The van der Waals surface area contributed by atoms with E-state index in [4.69, 9.17) is 14.2 Å². The molecule has 0 radical (unpaired) electrons. The lowest BCUT2D eigenvalue weighted by atomic mass is 9.98. The lowest BCUT2D eigenvalue weighted by molar-refractivity contribution is -0.140. The highest BCUT2D eigenvalue weighted by Crippen LogP contribution is 2.36. The number of carbonyl (C=O) groups is 3. The molecule has 1 spiro atoms. The Balaban J connectivity index is 1.43. The summed E-state index contributed by atoms with van der Waals surface area (Å²) in [6.45, 7) is -0.294. The Morgan fingerprint density at radius 1 is 1.21 bits per heavy atom. The molecule has 8 nitrogen and oxygen atoms in total. The Morgan fingerprint density at radius 2 is 1.96 bits per heavy atom. The Hall–Kier alpha value is -2.77. The van der Waals surface area contributed by atoms with E-state index in [1.165, 1.54) is 6.07 Å². The monoisotopic (exact) mass is 332 g/mol. The molecule has 1 N–H and O–H groups in total. The van der Waals surface area contributed by atoms with E-state index in [-0.39, 0.29) is 18.4 Å². The Bertz CT molecular complexity index is 725. The van der Waals surface area contributed by atoms with Gasteiger partial charge in [-0.1, -0.05) is 12.8 Å². The van der Waals surface area contributed by atoms with Crippen LogP contribution < -0.4 is 19.5 Å². The molecule has 24 heavy (non-hydrogen) atoms. The molecule has 0 bridgehead atoms. The molecule has 126 valence electrons. The molecule has 3 aliphatic rings. The number of imide groups is 1. The number of nitrogens with zero attached hydrogens (tertiary/aromatic N) is 1. The van der Waals surface area contributed by atoms with Crippen molar-refractivity contribution in [3.63, 3.8) is 0 Å². The zero-order chi connectivity index (χ0) is 16.7. The highest BCUT2D eigenvalue weighted by molar-refractivity contribution is 6.08. The third kappa shape index (κ3) is 2.34. The summed E-state index contributed by atoms with van der Waals surface area (Å²) in [4.78, 5) is 37.5. The SMILES string of the molecule is O=C(CN1C(=O)NC2(CCCC2)C1=O)Oc1ccc2c(c1)OCO2. The fourth-order valence-electron chi connectivity index (χ4n) is 3.37. The first-order valence-corrected chi connectivity index (χ1v) is 7.82. The second-order valence-corrected chi connectivity index (χ2v) is 6.10. The number of hydrogen-bond donors (Lipinski definition) is 1. The first-order chi connectivity index (χ1) is 11.6. The molecule has 1 aromatic carbocycles. The van der Waals surface area contributed by atoms with E-state index >= 15 is 0 Å². The number of amides is 3. The van der Waals surface area contributed by atoms with Gasteiger partial charge in [0.05, 0.1) is 0 Å². The lowest BCUT2D eigenvalue weighted by Gasteiger charge is -2.19. The third-order valence-electron chi connectivity index (χ3n) is 4.57. The Morgan fingerprint density at radius 3 is 2.75 bits per heavy atom. The molecular formula is C16H16N2O6. The van der Waals surface area contributed by atoms with Crippen molar-refractivity contribution >= 4 is 17.9 Å². The van der Waals surface area contributed by atoms with Crippen molar-refractivity contribution in [3.05, 3.63) is 18.2 Å². The van der Waals surface area contributed by atoms with E-state index < -0.39 is 24.1 Å². The summed E-state index contributed by atoms with van der Waals surface area (Å²) >= 11 is 0. The van der Waals surface area contributed by atoms with Crippen LogP contribution in [0.5, 0.6) is 17.2 Å². The van der Waals surface area contributed by atoms with E-state index in [1.807, 2.05) is 0 Å². The van der Waals surface area contributed by atoms with Gasteiger partial charge in [-0.2, -0.15) is 0 Å². The molecule has 4 rings (SSSR count). The first-order valence-electron chi connectivity index (χ1n) is 7.82. The molecule has 1 aromatic rings. The minimum atomic E-state index is -0.823. The van der Waals surface area contributed by atoms with Crippen LogP contribution in [0.2, 0.25) is 0 Å².